The van der Waals surface area contributed by atoms with Crippen LogP contribution in [0.5, 0.6) is 5.75 Å². The third-order valence-electron chi connectivity index (χ3n) is 2.72. The van der Waals surface area contributed by atoms with Gasteiger partial charge in [-0.25, -0.2) is 0 Å². The number of amides is 2. The molecule has 102 valence electrons. The fraction of sp³-hybridized carbons (Fsp3) is 0.429. The van der Waals surface area contributed by atoms with E-state index in [1.54, 1.807) is 12.1 Å². The molecule has 1 aliphatic carbocycles. The lowest BCUT2D eigenvalue weighted by Gasteiger charge is -2.11. The van der Waals surface area contributed by atoms with Crippen molar-refractivity contribution in [1.82, 2.24) is 5.32 Å². The number of carbonyl (C=O) groups is 2. The van der Waals surface area contributed by atoms with Crippen LogP contribution in [0.15, 0.2) is 24.3 Å². The van der Waals surface area contributed by atoms with Gasteiger partial charge < -0.3 is 15.4 Å². The second-order valence-electron chi connectivity index (χ2n) is 4.50. The van der Waals surface area contributed by atoms with Gasteiger partial charge in [-0.1, -0.05) is 12.1 Å². The Kier molecular flexibility index (Phi) is 4.39. The van der Waals surface area contributed by atoms with Gasteiger partial charge in [0.05, 0.1) is 12.3 Å². The van der Waals surface area contributed by atoms with Crippen LogP contribution in [0.1, 0.15) is 26.2 Å². The lowest BCUT2D eigenvalue weighted by atomic mass is 10.2. The highest BCUT2D eigenvalue weighted by molar-refractivity contribution is 6.04. The van der Waals surface area contributed by atoms with E-state index in [0.717, 1.165) is 12.8 Å². The smallest absolute Gasteiger partial charge is 0.233 e. The Morgan fingerprint density at radius 1 is 1.26 bits per heavy atom. The van der Waals surface area contributed by atoms with Crippen LogP contribution < -0.4 is 15.4 Å². The predicted molar refractivity (Wildman–Crippen MR) is 72.0 cm³/mol. The lowest BCUT2D eigenvalue weighted by Crippen LogP contribution is -2.29. The van der Waals surface area contributed by atoms with Gasteiger partial charge >= 0.3 is 0 Å². The topological polar surface area (TPSA) is 67.4 Å². The molecule has 1 fully saturated rings. The Morgan fingerprint density at radius 3 is 2.68 bits per heavy atom. The van der Waals surface area contributed by atoms with Gasteiger partial charge in [0.25, 0.3) is 0 Å². The molecule has 2 N–H and O–H groups in total. The molecular weight excluding hydrogens is 244 g/mol. The summed E-state index contributed by atoms with van der Waals surface area (Å²) >= 11 is 0. The van der Waals surface area contributed by atoms with Crippen LogP contribution in [0.25, 0.3) is 0 Å². The highest BCUT2D eigenvalue weighted by Gasteiger charge is 2.24. The number of para-hydroxylation sites is 2. The van der Waals surface area contributed by atoms with Gasteiger partial charge in [-0.3, -0.25) is 9.59 Å². The fourth-order valence-corrected chi connectivity index (χ4v) is 1.70. The molecule has 19 heavy (non-hydrogen) atoms. The van der Waals surface area contributed by atoms with Crippen LogP contribution >= 0.6 is 0 Å². The third-order valence-corrected chi connectivity index (χ3v) is 2.72. The number of hydrogen-bond acceptors (Lipinski definition) is 3. The number of benzene rings is 1. The summed E-state index contributed by atoms with van der Waals surface area (Å²) in [5, 5.41) is 5.47. The zero-order valence-corrected chi connectivity index (χ0v) is 10.9. The number of nitrogens with one attached hydrogen (secondary N) is 2. The summed E-state index contributed by atoms with van der Waals surface area (Å²) in [4.78, 5) is 23.3. The third kappa shape index (κ3) is 4.28. The largest absolute Gasteiger partial charge is 0.492 e. The van der Waals surface area contributed by atoms with Crippen LogP contribution in [0.3, 0.4) is 0 Å². The van der Waals surface area contributed by atoms with Crippen LogP contribution in [-0.2, 0) is 9.59 Å². The number of hydrogen-bond donors (Lipinski definition) is 2. The van der Waals surface area contributed by atoms with E-state index in [1.165, 1.54) is 0 Å². The maximum absolute atomic E-state index is 11.8. The van der Waals surface area contributed by atoms with E-state index in [1.807, 2.05) is 19.1 Å². The van der Waals surface area contributed by atoms with Crippen molar-refractivity contribution < 1.29 is 14.3 Å². The minimum atomic E-state index is -0.328. The van der Waals surface area contributed by atoms with Gasteiger partial charge in [0.15, 0.2) is 0 Å². The molecule has 0 aromatic heterocycles. The highest BCUT2D eigenvalue weighted by Crippen LogP contribution is 2.23. The van der Waals surface area contributed by atoms with E-state index in [2.05, 4.69) is 10.6 Å². The first-order chi connectivity index (χ1) is 9.19. The quantitative estimate of drug-likeness (QED) is 0.767. The Labute approximate surface area is 112 Å². The van der Waals surface area contributed by atoms with Crippen molar-refractivity contribution in [2.75, 3.05) is 11.9 Å². The Bertz CT molecular complexity index is 470. The van der Waals surface area contributed by atoms with Crippen molar-refractivity contribution in [3.63, 3.8) is 0 Å². The van der Waals surface area contributed by atoms with Crippen molar-refractivity contribution >= 4 is 17.5 Å². The zero-order valence-electron chi connectivity index (χ0n) is 10.9. The van der Waals surface area contributed by atoms with Crippen molar-refractivity contribution in [1.29, 1.82) is 0 Å². The molecule has 1 saturated carbocycles. The maximum atomic E-state index is 11.8. The molecule has 0 bridgehead atoms. The van der Waals surface area contributed by atoms with Gasteiger partial charge in [-0.15, -0.1) is 0 Å². The first kappa shape index (κ1) is 13.4. The number of rotatable bonds is 6. The van der Waals surface area contributed by atoms with Crippen molar-refractivity contribution in [2.45, 2.75) is 32.2 Å². The fourth-order valence-electron chi connectivity index (χ4n) is 1.70. The first-order valence-corrected chi connectivity index (χ1v) is 6.50. The first-order valence-electron chi connectivity index (χ1n) is 6.50. The molecule has 0 heterocycles. The summed E-state index contributed by atoms with van der Waals surface area (Å²) in [5.41, 5.74) is 0.591. The van der Waals surface area contributed by atoms with E-state index in [0.29, 0.717) is 18.0 Å². The molecule has 1 aromatic carbocycles. The van der Waals surface area contributed by atoms with Crippen LogP contribution in [0, 0.1) is 0 Å². The molecule has 1 aliphatic rings. The second-order valence-corrected chi connectivity index (χ2v) is 4.50. The second kappa shape index (κ2) is 6.22. The van der Waals surface area contributed by atoms with E-state index in [9.17, 15) is 9.59 Å². The van der Waals surface area contributed by atoms with Crippen molar-refractivity contribution in [3.05, 3.63) is 24.3 Å². The van der Waals surface area contributed by atoms with Gasteiger partial charge in [0.2, 0.25) is 11.8 Å². The van der Waals surface area contributed by atoms with E-state index < -0.39 is 0 Å². The SMILES string of the molecule is CCOc1ccccc1NC(=O)CC(=O)NC1CC1. The molecule has 0 radical (unpaired) electrons. The monoisotopic (exact) mass is 262 g/mol. The molecule has 2 amide bonds. The molecule has 0 aliphatic heterocycles. The molecule has 0 atom stereocenters. The molecule has 0 saturated heterocycles. The average molecular weight is 262 g/mol. The molecule has 2 rings (SSSR count). The van der Waals surface area contributed by atoms with Gasteiger partial charge in [0, 0.05) is 6.04 Å². The normalized spacial score (nSPS) is 13.7. The van der Waals surface area contributed by atoms with Crippen LogP contribution in [0.2, 0.25) is 0 Å². The minimum absolute atomic E-state index is 0.156. The summed E-state index contributed by atoms with van der Waals surface area (Å²) in [5.74, 6) is 0.0557. The molecule has 0 unspecified atom stereocenters. The summed E-state index contributed by atoms with van der Waals surface area (Å²) in [7, 11) is 0. The minimum Gasteiger partial charge on any atom is -0.492 e. The molecule has 1 aromatic rings. The van der Waals surface area contributed by atoms with E-state index in [4.69, 9.17) is 4.74 Å². The van der Waals surface area contributed by atoms with Crippen LogP contribution in [-0.4, -0.2) is 24.5 Å². The summed E-state index contributed by atoms with van der Waals surface area (Å²) in [6, 6.07) is 7.45. The molecule has 5 nitrogen and oxygen atoms in total. The highest BCUT2D eigenvalue weighted by atomic mass is 16.5. The zero-order chi connectivity index (χ0) is 13.7. The van der Waals surface area contributed by atoms with Crippen LogP contribution in [0.4, 0.5) is 5.69 Å². The number of ether oxygens (including phenoxy) is 1. The molecular formula is C14H18N2O3. The lowest BCUT2D eigenvalue weighted by molar-refractivity contribution is -0.126. The van der Waals surface area contributed by atoms with Crippen molar-refractivity contribution in [3.8, 4) is 5.75 Å². The molecule has 0 spiro atoms. The average Bonchev–Trinajstić information content (AvgIpc) is 3.15. The van der Waals surface area contributed by atoms with Crippen molar-refractivity contribution in [2.24, 2.45) is 0 Å². The summed E-state index contributed by atoms with van der Waals surface area (Å²) in [6.07, 6.45) is 1.87. The maximum Gasteiger partial charge on any atom is 0.233 e. The van der Waals surface area contributed by atoms with E-state index >= 15 is 0 Å². The number of anilines is 1. The predicted octanol–water partition coefficient (Wildman–Crippen LogP) is 1.69. The summed E-state index contributed by atoms with van der Waals surface area (Å²) < 4.78 is 5.40. The Balaban J connectivity index is 1.88. The number of carbonyl (C=O) groups excluding carboxylic acids is 2. The van der Waals surface area contributed by atoms with E-state index in [-0.39, 0.29) is 24.3 Å². The summed E-state index contributed by atoms with van der Waals surface area (Å²) in [6.45, 7) is 2.40. The molecule has 5 heteroatoms. The van der Waals surface area contributed by atoms with Gasteiger partial charge in [-0.2, -0.15) is 0 Å². The Hall–Kier alpha value is -2.04. The van der Waals surface area contributed by atoms with Gasteiger partial charge in [-0.05, 0) is 31.9 Å². The Morgan fingerprint density at radius 2 is 2.00 bits per heavy atom. The standard InChI is InChI=1S/C14H18N2O3/c1-2-19-12-6-4-3-5-11(12)16-14(18)9-13(17)15-10-7-8-10/h3-6,10H,2,7-9H2,1H3,(H,15,17)(H,16,18). The van der Waals surface area contributed by atoms with Gasteiger partial charge in [0.1, 0.15) is 12.2 Å².